The van der Waals surface area contributed by atoms with Crippen molar-refractivity contribution in [2.24, 2.45) is 0 Å². The van der Waals surface area contributed by atoms with Crippen LogP contribution in [-0.2, 0) is 32.0 Å². The van der Waals surface area contributed by atoms with Crippen LogP contribution in [-0.4, -0.2) is 81.9 Å². The first-order chi connectivity index (χ1) is 16.1. The molecule has 188 valence electrons. The lowest BCUT2D eigenvalue weighted by molar-refractivity contribution is -0.292. The Hall–Kier alpha value is -2.70. The molecule has 0 bridgehead atoms. The number of methoxy groups -OCH3 is 1. The van der Waals surface area contributed by atoms with E-state index in [0.717, 1.165) is 5.57 Å². The zero-order valence-electron chi connectivity index (χ0n) is 19.2. The second-order valence-electron chi connectivity index (χ2n) is 8.36. The molecule has 11 nitrogen and oxygen atoms in total. The number of allylic oxidation sites excluding steroid dienone is 2. The van der Waals surface area contributed by atoms with Gasteiger partial charge < -0.3 is 44.5 Å². The van der Waals surface area contributed by atoms with Gasteiger partial charge >= 0.3 is 11.9 Å². The average molecular weight is 482 g/mol. The van der Waals surface area contributed by atoms with Crippen LogP contribution in [0.3, 0.4) is 0 Å². The third kappa shape index (κ3) is 5.03. The SMILES string of the molecule is COc1c(C)c2c(c(O)c1C/C=C(\C)CCC(=O)O[C@@H]1O[C@H](CO)[C@@H](O)[C@H](O)[C@@H]1O)C(=O)OC2. The van der Waals surface area contributed by atoms with Crippen molar-refractivity contribution in [2.75, 3.05) is 13.7 Å². The highest BCUT2D eigenvalue weighted by Gasteiger charge is 2.45. The number of carbonyl (C=O) groups is 2. The predicted octanol–water partition coefficient (Wildman–Crippen LogP) is -0.00828. The maximum absolute atomic E-state index is 12.2. The van der Waals surface area contributed by atoms with Gasteiger partial charge in [-0.05, 0) is 32.3 Å². The lowest BCUT2D eigenvalue weighted by atomic mass is 9.94. The van der Waals surface area contributed by atoms with Crippen molar-refractivity contribution < 1.29 is 54.1 Å². The van der Waals surface area contributed by atoms with Gasteiger partial charge in [0.1, 0.15) is 48.1 Å². The number of aromatic hydroxyl groups is 1. The van der Waals surface area contributed by atoms with E-state index in [1.165, 1.54) is 7.11 Å². The molecule has 0 amide bonds. The lowest BCUT2D eigenvalue weighted by Gasteiger charge is -2.39. The molecule has 34 heavy (non-hydrogen) atoms. The van der Waals surface area contributed by atoms with E-state index in [-0.39, 0.29) is 37.2 Å². The predicted molar refractivity (Wildman–Crippen MR) is 115 cm³/mol. The van der Waals surface area contributed by atoms with Gasteiger partial charge in [-0.15, -0.1) is 0 Å². The molecule has 2 aliphatic rings. The van der Waals surface area contributed by atoms with Crippen LogP contribution < -0.4 is 4.74 Å². The van der Waals surface area contributed by atoms with E-state index in [2.05, 4.69) is 0 Å². The minimum absolute atomic E-state index is 0.0734. The molecule has 0 aromatic heterocycles. The monoisotopic (exact) mass is 482 g/mol. The van der Waals surface area contributed by atoms with Crippen LogP contribution in [0.4, 0.5) is 0 Å². The molecule has 1 aromatic carbocycles. The maximum atomic E-state index is 12.2. The van der Waals surface area contributed by atoms with Crippen molar-refractivity contribution in [1.29, 1.82) is 0 Å². The number of aliphatic hydroxyl groups excluding tert-OH is 4. The Labute approximate surface area is 196 Å². The van der Waals surface area contributed by atoms with Crippen LogP contribution in [0.1, 0.15) is 46.8 Å². The Morgan fingerprint density at radius 3 is 2.53 bits per heavy atom. The number of phenols is 1. The second-order valence-corrected chi connectivity index (χ2v) is 8.36. The number of hydrogen-bond donors (Lipinski definition) is 5. The zero-order valence-corrected chi connectivity index (χ0v) is 19.2. The highest BCUT2D eigenvalue weighted by atomic mass is 16.7. The largest absolute Gasteiger partial charge is 0.507 e. The number of cyclic esters (lactones) is 1. The summed E-state index contributed by atoms with van der Waals surface area (Å²) in [5, 5.41) is 49.4. The number of rotatable bonds is 8. The number of carbonyl (C=O) groups excluding carboxylic acids is 2. The van der Waals surface area contributed by atoms with E-state index >= 15 is 0 Å². The number of ether oxygens (including phenoxy) is 4. The molecule has 5 atom stereocenters. The quantitative estimate of drug-likeness (QED) is 0.249. The van der Waals surface area contributed by atoms with Gasteiger partial charge in [0.15, 0.2) is 0 Å². The molecule has 1 saturated heterocycles. The van der Waals surface area contributed by atoms with E-state index in [1.807, 2.05) is 0 Å². The highest BCUT2D eigenvalue weighted by Crippen LogP contribution is 2.42. The summed E-state index contributed by atoms with van der Waals surface area (Å²) in [5.41, 5.74) is 2.67. The summed E-state index contributed by atoms with van der Waals surface area (Å²) in [6.07, 6.45) is -5.31. The number of benzene rings is 1. The van der Waals surface area contributed by atoms with Gasteiger partial charge in [-0.1, -0.05) is 11.6 Å². The molecule has 2 aliphatic heterocycles. The molecule has 0 aliphatic carbocycles. The van der Waals surface area contributed by atoms with Gasteiger partial charge in [-0.3, -0.25) is 4.79 Å². The summed E-state index contributed by atoms with van der Waals surface area (Å²) in [5.74, 6) is -1.03. The molecule has 2 heterocycles. The van der Waals surface area contributed by atoms with Crippen molar-refractivity contribution in [3.05, 3.63) is 33.9 Å². The first-order valence-corrected chi connectivity index (χ1v) is 10.8. The Morgan fingerprint density at radius 1 is 1.18 bits per heavy atom. The molecule has 11 heteroatoms. The first kappa shape index (κ1) is 25.9. The van der Waals surface area contributed by atoms with E-state index in [4.69, 9.17) is 18.9 Å². The normalized spacial score (nSPS) is 26.7. The molecular weight excluding hydrogens is 452 g/mol. The van der Waals surface area contributed by atoms with E-state index < -0.39 is 49.3 Å². The van der Waals surface area contributed by atoms with Crippen molar-refractivity contribution >= 4 is 11.9 Å². The molecule has 0 radical (unpaired) electrons. The van der Waals surface area contributed by atoms with Crippen LogP contribution in [0.5, 0.6) is 11.5 Å². The van der Waals surface area contributed by atoms with Crippen LogP contribution in [0.25, 0.3) is 0 Å². The highest BCUT2D eigenvalue weighted by molar-refractivity contribution is 5.98. The van der Waals surface area contributed by atoms with Gasteiger partial charge in [0, 0.05) is 17.5 Å². The van der Waals surface area contributed by atoms with Gasteiger partial charge in [0.05, 0.1) is 13.7 Å². The molecule has 0 spiro atoms. The smallest absolute Gasteiger partial charge is 0.342 e. The summed E-state index contributed by atoms with van der Waals surface area (Å²) in [7, 11) is 1.47. The molecule has 1 aromatic rings. The van der Waals surface area contributed by atoms with Crippen LogP contribution >= 0.6 is 0 Å². The number of hydrogen-bond acceptors (Lipinski definition) is 11. The number of esters is 2. The molecule has 5 N–H and O–H groups in total. The standard InChI is InChI=1S/C23H30O11/c1-10(5-7-15(25)34-23-20(29)19(28)18(27)14(8-24)33-23)4-6-12-17(26)16-13(9-32-22(16)30)11(2)21(12)31-3/h4,14,18-20,23-24,26-29H,5-9H2,1-3H3/b10-4+/t14-,18-,19+,20+,23+/m1/s1. The van der Waals surface area contributed by atoms with E-state index in [9.17, 15) is 35.1 Å². The summed E-state index contributed by atoms with van der Waals surface area (Å²) < 4.78 is 20.7. The summed E-state index contributed by atoms with van der Waals surface area (Å²) >= 11 is 0. The fourth-order valence-electron chi connectivity index (χ4n) is 4.06. The summed E-state index contributed by atoms with van der Waals surface area (Å²) in [6.45, 7) is 3.01. The fourth-order valence-corrected chi connectivity index (χ4v) is 4.06. The van der Waals surface area contributed by atoms with Crippen molar-refractivity contribution in [3.63, 3.8) is 0 Å². The number of aliphatic hydroxyl groups is 4. The molecule has 0 unspecified atom stereocenters. The van der Waals surface area contributed by atoms with Crippen LogP contribution in [0.2, 0.25) is 0 Å². The third-order valence-corrected chi connectivity index (χ3v) is 6.12. The van der Waals surface area contributed by atoms with Crippen LogP contribution in [0, 0.1) is 6.92 Å². The third-order valence-electron chi connectivity index (χ3n) is 6.12. The van der Waals surface area contributed by atoms with Gasteiger partial charge in [0.25, 0.3) is 0 Å². The molecular formula is C23H30O11. The Bertz CT molecular complexity index is 968. The number of phenolic OH excluding ortho intramolecular Hbond substituents is 1. The van der Waals surface area contributed by atoms with E-state index in [1.54, 1.807) is 19.9 Å². The Kier molecular flexibility index (Phi) is 8.16. The maximum Gasteiger partial charge on any atom is 0.342 e. The first-order valence-electron chi connectivity index (χ1n) is 10.8. The van der Waals surface area contributed by atoms with Crippen molar-refractivity contribution in [3.8, 4) is 11.5 Å². The number of fused-ring (bicyclic) bond motifs is 1. The average Bonchev–Trinajstić information content (AvgIpc) is 3.21. The topological polar surface area (TPSA) is 172 Å². The van der Waals surface area contributed by atoms with Crippen LogP contribution in [0.15, 0.2) is 11.6 Å². The minimum Gasteiger partial charge on any atom is -0.507 e. The minimum atomic E-state index is -1.66. The molecule has 3 rings (SSSR count). The Morgan fingerprint density at radius 2 is 1.88 bits per heavy atom. The molecule has 0 saturated carbocycles. The van der Waals surface area contributed by atoms with E-state index in [0.29, 0.717) is 22.4 Å². The van der Waals surface area contributed by atoms with Gasteiger partial charge in [-0.2, -0.15) is 0 Å². The Balaban J connectivity index is 1.62. The molecule has 1 fully saturated rings. The second kappa shape index (κ2) is 10.7. The zero-order chi connectivity index (χ0) is 25.2. The summed E-state index contributed by atoms with van der Waals surface area (Å²) in [4.78, 5) is 24.2. The van der Waals surface area contributed by atoms with Crippen molar-refractivity contribution in [2.45, 2.75) is 70.4 Å². The van der Waals surface area contributed by atoms with Gasteiger partial charge in [-0.25, -0.2) is 4.79 Å². The van der Waals surface area contributed by atoms with Gasteiger partial charge in [0.2, 0.25) is 6.29 Å². The fraction of sp³-hybridized carbons (Fsp3) is 0.565. The summed E-state index contributed by atoms with van der Waals surface area (Å²) in [6, 6.07) is 0. The lowest BCUT2D eigenvalue weighted by Crippen LogP contribution is -2.59. The van der Waals surface area contributed by atoms with Crippen molar-refractivity contribution in [1.82, 2.24) is 0 Å².